The molecule has 1 saturated heterocycles. The van der Waals surface area contributed by atoms with Gasteiger partial charge >= 0.3 is 6.09 Å². The fraction of sp³-hybridized carbons (Fsp3) is 0.600. The van der Waals surface area contributed by atoms with Gasteiger partial charge in [0.2, 0.25) is 0 Å². The lowest BCUT2D eigenvalue weighted by Gasteiger charge is -2.38. The first-order chi connectivity index (χ1) is 12.3. The Hall–Kier alpha value is -1.68. The van der Waals surface area contributed by atoms with Crippen molar-refractivity contribution in [2.45, 2.75) is 45.6 Å². The molecule has 0 aromatic heterocycles. The fourth-order valence-electron chi connectivity index (χ4n) is 3.95. The lowest BCUT2D eigenvalue weighted by Crippen LogP contribution is -2.47. The number of piperidine rings is 1. The molecule has 7 heteroatoms. The third-order valence-electron chi connectivity index (χ3n) is 5.38. The molecule has 1 spiro atoms. The summed E-state index contributed by atoms with van der Waals surface area (Å²) in [6, 6.07) is 2.86. The SMILES string of the molecule is CC(C)(C)OC(=O)N1CCC2(CC1)Cc1cc(F)c(P(C)(C)=O)cc1C2=O. The first kappa shape index (κ1) is 20.1. The van der Waals surface area contributed by atoms with Crippen LogP contribution in [-0.2, 0) is 15.7 Å². The molecule has 1 heterocycles. The molecule has 2 aliphatic rings. The minimum absolute atomic E-state index is 0.0176. The number of ether oxygens (including phenoxy) is 1. The molecule has 1 aliphatic heterocycles. The molecular weight excluding hydrogens is 368 g/mol. The number of fused-ring (bicyclic) bond motifs is 1. The second-order valence-electron chi connectivity index (χ2n) is 9.07. The maximum Gasteiger partial charge on any atom is 0.410 e. The summed E-state index contributed by atoms with van der Waals surface area (Å²) in [4.78, 5) is 27.0. The molecule has 3 rings (SSSR count). The number of likely N-dealkylation sites (tertiary alicyclic amines) is 1. The highest BCUT2D eigenvalue weighted by Crippen LogP contribution is 2.46. The van der Waals surface area contributed by atoms with E-state index in [0.29, 0.717) is 43.5 Å². The monoisotopic (exact) mass is 395 g/mol. The summed E-state index contributed by atoms with van der Waals surface area (Å²) in [5, 5.41) is 0.137. The summed E-state index contributed by atoms with van der Waals surface area (Å²) in [7, 11) is -2.81. The van der Waals surface area contributed by atoms with E-state index in [2.05, 4.69) is 0 Å². The third kappa shape index (κ3) is 3.82. The Balaban J connectivity index is 1.79. The number of rotatable bonds is 1. The van der Waals surface area contributed by atoms with Crippen molar-refractivity contribution in [2.75, 3.05) is 26.4 Å². The average molecular weight is 395 g/mol. The van der Waals surface area contributed by atoms with E-state index >= 15 is 0 Å². The quantitative estimate of drug-likeness (QED) is 0.678. The highest BCUT2D eigenvalue weighted by molar-refractivity contribution is 7.70. The van der Waals surface area contributed by atoms with Crippen LogP contribution in [0, 0.1) is 11.2 Å². The van der Waals surface area contributed by atoms with Crippen LogP contribution >= 0.6 is 7.14 Å². The minimum Gasteiger partial charge on any atom is -0.444 e. The van der Waals surface area contributed by atoms with Crippen molar-refractivity contribution in [1.29, 1.82) is 0 Å². The molecule has 1 aliphatic carbocycles. The van der Waals surface area contributed by atoms with Gasteiger partial charge in [0, 0.05) is 29.4 Å². The van der Waals surface area contributed by atoms with Gasteiger partial charge in [-0.2, -0.15) is 0 Å². The summed E-state index contributed by atoms with van der Waals surface area (Å²) in [6.45, 7) is 9.34. The molecule has 1 aromatic carbocycles. The fourth-order valence-corrected chi connectivity index (χ4v) is 4.97. The first-order valence-electron chi connectivity index (χ1n) is 9.23. The number of hydrogen-bond donors (Lipinski definition) is 0. The summed E-state index contributed by atoms with van der Waals surface area (Å²) in [5.74, 6) is -0.519. The van der Waals surface area contributed by atoms with Gasteiger partial charge in [-0.1, -0.05) is 0 Å². The first-order valence-corrected chi connectivity index (χ1v) is 11.8. The highest BCUT2D eigenvalue weighted by Gasteiger charge is 2.48. The van der Waals surface area contributed by atoms with Crippen LogP contribution in [0.1, 0.15) is 49.5 Å². The van der Waals surface area contributed by atoms with Gasteiger partial charge in [-0.15, -0.1) is 0 Å². The van der Waals surface area contributed by atoms with Crippen LogP contribution in [0.2, 0.25) is 0 Å². The molecule has 1 fully saturated rings. The smallest absolute Gasteiger partial charge is 0.410 e. The number of ketones is 1. The van der Waals surface area contributed by atoms with E-state index in [-0.39, 0.29) is 17.2 Å². The predicted molar refractivity (Wildman–Crippen MR) is 103 cm³/mol. The van der Waals surface area contributed by atoms with Gasteiger partial charge < -0.3 is 14.2 Å². The molecule has 0 radical (unpaired) electrons. The van der Waals surface area contributed by atoms with E-state index in [0.717, 1.165) is 0 Å². The Kier molecular flexibility index (Phi) is 4.79. The number of carbonyl (C=O) groups excluding carboxylic acids is 2. The molecule has 0 unspecified atom stereocenters. The van der Waals surface area contributed by atoms with Crippen LogP contribution in [0.15, 0.2) is 12.1 Å². The second kappa shape index (κ2) is 6.44. The molecular formula is C20H27FNO4P. The molecule has 5 nitrogen and oxygen atoms in total. The van der Waals surface area contributed by atoms with Crippen molar-refractivity contribution in [3.8, 4) is 0 Å². The Labute approximate surface area is 159 Å². The standard InChI is InChI=1S/C20H27FNO4P/c1-19(2,3)26-18(24)22-8-6-20(7-9-22)12-13-10-15(21)16(27(4,5)25)11-14(13)17(20)23/h10-11H,6-9,12H2,1-5H3. The van der Waals surface area contributed by atoms with Crippen LogP contribution in [0.3, 0.4) is 0 Å². The summed E-state index contributed by atoms with van der Waals surface area (Å²) >= 11 is 0. The summed E-state index contributed by atoms with van der Waals surface area (Å²) in [6.07, 6.45) is 1.14. The maximum atomic E-state index is 14.4. The molecule has 148 valence electrons. The largest absolute Gasteiger partial charge is 0.444 e. The molecule has 0 atom stereocenters. The maximum absolute atomic E-state index is 14.4. The van der Waals surface area contributed by atoms with Gasteiger partial charge in [0.15, 0.2) is 5.78 Å². The van der Waals surface area contributed by atoms with Gasteiger partial charge in [-0.25, -0.2) is 9.18 Å². The molecule has 1 amide bonds. The zero-order valence-electron chi connectivity index (χ0n) is 16.6. The van der Waals surface area contributed by atoms with Gasteiger partial charge in [0.25, 0.3) is 0 Å². The number of amides is 1. The zero-order valence-corrected chi connectivity index (χ0v) is 17.5. The number of Topliss-reactive ketones (excluding diaryl/α,β-unsaturated/α-hetero) is 1. The second-order valence-corrected chi connectivity index (χ2v) is 12.2. The Morgan fingerprint density at radius 2 is 1.81 bits per heavy atom. The Bertz CT molecular complexity index is 844. The van der Waals surface area contributed by atoms with E-state index < -0.39 is 24.0 Å². The van der Waals surface area contributed by atoms with E-state index in [1.165, 1.54) is 25.5 Å². The lowest BCUT2D eigenvalue weighted by molar-refractivity contribution is 0.0114. The number of halogens is 1. The number of carbonyl (C=O) groups is 2. The van der Waals surface area contributed by atoms with Crippen molar-refractivity contribution in [3.63, 3.8) is 0 Å². The zero-order chi connectivity index (χ0) is 20.2. The van der Waals surface area contributed by atoms with Crippen molar-refractivity contribution in [2.24, 2.45) is 5.41 Å². The number of hydrogen-bond acceptors (Lipinski definition) is 4. The molecule has 0 bridgehead atoms. The molecule has 27 heavy (non-hydrogen) atoms. The van der Waals surface area contributed by atoms with Gasteiger partial charge in [0.05, 0.1) is 0 Å². The van der Waals surface area contributed by atoms with Crippen molar-refractivity contribution >= 4 is 24.3 Å². The Morgan fingerprint density at radius 3 is 2.33 bits per heavy atom. The van der Waals surface area contributed by atoms with E-state index in [4.69, 9.17) is 4.74 Å². The highest BCUT2D eigenvalue weighted by atomic mass is 31.2. The van der Waals surface area contributed by atoms with Crippen LogP contribution in [0.25, 0.3) is 0 Å². The van der Waals surface area contributed by atoms with Crippen LogP contribution in [-0.4, -0.2) is 48.8 Å². The van der Waals surface area contributed by atoms with Crippen molar-refractivity contribution in [1.82, 2.24) is 4.90 Å². The third-order valence-corrected chi connectivity index (χ3v) is 6.88. The van der Waals surface area contributed by atoms with E-state index in [1.54, 1.807) is 4.90 Å². The predicted octanol–water partition coefficient (Wildman–Crippen LogP) is 3.83. The van der Waals surface area contributed by atoms with Crippen molar-refractivity contribution in [3.05, 3.63) is 29.1 Å². The van der Waals surface area contributed by atoms with Crippen molar-refractivity contribution < 1.29 is 23.3 Å². The number of nitrogens with zero attached hydrogens (tertiary/aromatic N) is 1. The normalized spacial score (nSPS) is 19.3. The van der Waals surface area contributed by atoms with Gasteiger partial charge in [0.1, 0.15) is 18.6 Å². The van der Waals surface area contributed by atoms with E-state index in [1.807, 2.05) is 20.8 Å². The van der Waals surface area contributed by atoms with E-state index in [9.17, 15) is 18.5 Å². The van der Waals surface area contributed by atoms with Crippen LogP contribution < -0.4 is 5.30 Å². The average Bonchev–Trinajstić information content (AvgIpc) is 2.76. The Morgan fingerprint density at radius 1 is 1.22 bits per heavy atom. The molecule has 1 aromatic rings. The minimum atomic E-state index is -2.81. The van der Waals surface area contributed by atoms with Crippen LogP contribution in [0.5, 0.6) is 0 Å². The summed E-state index contributed by atoms with van der Waals surface area (Å²) in [5.41, 5.74) is 0.00650. The van der Waals surface area contributed by atoms with Gasteiger partial charge in [-0.05, 0) is 71.1 Å². The number of benzene rings is 1. The topological polar surface area (TPSA) is 63.7 Å². The molecule has 0 saturated carbocycles. The summed E-state index contributed by atoms with van der Waals surface area (Å²) < 4.78 is 32.1. The van der Waals surface area contributed by atoms with Gasteiger partial charge in [-0.3, -0.25) is 4.79 Å². The molecule has 0 N–H and O–H groups in total. The van der Waals surface area contributed by atoms with Crippen LogP contribution in [0.4, 0.5) is 9.18 Å². The lowest BCUT2D eigenvalue weighted by atomic mass is 9.75.